The van der Waals surface area contributed by atoms with Gasteiger partial charge in [0.05, 0.1) is 11.0 Å². The Morgan fingerprint density at radius 3 is 1.78 bits per heavy atom. The molecular weight excluding hydrogens is 376 g/mol. The Hall–Kier alpha value is -0.693. The van der Waals surface area contributed by atoms with Crippen molar-refractivity contribution in [2.24, 2.45) is 5.92 Å². The summed E-state index contributed by atoms with van der Waals surface area (Å²) >= 11 is 0. The Bertz CT molecular complexity index is 691. The van der Waals surface area contributed by atoms with Crippen LogP contribution in [0.1, 0.15) is 55.4 Å². The van der Waals surface area contributed by atoms with Gasteiger partial charge in [0.2, 0.25) is 18.2 Å². The summed E-state index contributed by atoms with van der Waals surface area (Å²) in [5.74, 6) is 0.189. The Morgan fingerprint density at radius 2 is 1.37 bits per heavy atom. The first-order valence-corrected chi connectivity index (χ1v) is 13.8. The highest BCUT2D eigenvalue weighted by Crippen LogP contribution is 2.47. The molecule has 6 heteroatoms. The van der Waals surface area contributed by atoms with Gasteiger partial charge in [-0.25, -0.2) is 8.42 Å². The number of ether oxygens (including phenoxy) is 1. The van der Waals surface area contributed by atoms with Crippen molar-refractivity contribution < 1.29 is 17.6 Å². The Balaban J connectivity index is 2.30. The number of hydrogen-bond donors (Lipinski definition) is 0. The lowest BCUT2D eigenvalue weighted by atomic mass is 10.1. The van der Waals surface area contributed by atoms with Crippen LogP contribution in [0.2, 0.25) is 16.6 Å². The monoisotopic (exact) mass is 412 g/mol. The topological polar surface area (TPSA) is 55.9 Å². The molecule has 0 N–H and O–H groups in total. The van der Waals surface area contributed by atoms with Crippen LogP contribution in [0, 0.1) is 5.92 Å². The van der Waals surface area contributed by atoms with Crippen LogP contribution >= 0.6 is 0 Å². The Labute approximate surface area is 166 Å². The fourth-order valence-electron chi connectivity index (χ4n) is 4.56. The molecule has 1 saturated heterocycles. The highest BCUT2D eigenvalue weighted by molar-refractivity contribution is 7.92. The average molecular weight is 413 g/mol. The van der Waals surface area contributed by atoms with Gasteiger partial charge in [0.15, 0.2) is 5.44 Å². The van der Waals surface area contributed by atoms with Crippen LogP contribution < -0.4 is 0 Å². The highest BCUT2D eigenvalue weighted by Gasteiger charge is 2.58. The molecule has 3 atom stereocenters. The second-order valence-electron chi connectivity index (χ2n) is 8.97. The summed E-state index contributed by atoms with van der Waals surface area (Å²) in [6.45, 7) is 17.7. The largest absolute Gasteiger partial charge is 0.410 e. The highest BCUT2D eigenvalue weighted by atomic mass is 32.2. The molecule has 1 unspecified atom stereocenters. The van der Waals surface area contributed by atoms with Gasteiger partial charge in [-0.1, -0.05) is 73.6 Å². The first-order valence-electron chi connectivity index (χ1n) is 10.1. The zero-order valence-electron chi connectivity index (χ0n) is 18.0. The van der Waals surface area contributed by atoms with Crippen LogP contribution in [-0.4, -0.2) is 34.4 Å². The lowest BCUT2D eigenvalue weighted by Crippen LogP contribution is -2.52. The molecule has 154 valence electrons. The molecular formula is C21H36O4SSi. The molecule has 0 spiro atoms. The standard InChI is InChI=1S/C21H36O4SSi/c1-14(2)19(25-27(15(3)4,16(5)6)17(7)8)20-21(24-20)26(22,23)18-12-10-9-11-13-18/h9-17,19-21H,1-8H3/t19?,20-,21-/m1/s1. The summed E-state index contributed by atoms with van der Waals surface area (Å²) in [7, 11) is -5.62. The molecule has 27 heavy (non-hydrogen) atoms. The number of benzene rings is 1. The molecule has 1 aromatic rings. The van der Waals surface area contributed by atoms with Crippen LogP contribution in [0.15, 0.2) is 35.2 Å². The molecule has 1 heterocycles. The normalized spacial score (nSPS) is 22.1. The van der Waals surface area contributed by atoms with Crippen molar-refractivity contribution in [3.63, 3.8) is 0 Å². The third-order valence-electron chi connectivity index (χ3n) is 5.89. The molecule has 1 aliphatic rings. The van der Waals surface area contributed by atoms with Gasteiger partial charge >= 0.3 is 0 Å². The van der Waals surface area contributed by atoms with E-state index in [1.165, 1.54) is 0 Å². The van der Waals surface area contributed by atoms with E-state index in [0.29, 0.717) is 21.5 Å². The first-order chi connectivity index (χ1) is 12.5. The molecule has 0 aliphatic carbocycles. The minimum Gasteiger partial charge on any atom is -0.410 e. The van der Waals surface area contributed by atoms with Crippen molar-refractivity contribution in [3.8, 4) is 0 Å². The van der Waals surface area contributed by atoms with Gasteiger partial charge in [-0.05, 0) is 34.7 Å². The number of hydrogen-bond acceptors (Lipinski definition) is 4. The Morgan fingerprint density at radius 1 is 0.889 bits per heavy atom. The number of epoxide rings is 1. The zero-order chi connectivity index (χ0) is 20.6. The van der Waals surface area contributed by atoms with Crippen molar-refractivity contribution in [2.75, 3.05) is 0 Å². The van der Waals surface area contributed by atoms with Gasteiger partial charge in [0.1, 0.15) is 6.10 Å². The summed E-state index contributed by atoms with van der Waals surface area (Å²) in [6, 6.07) is 8.57. The third-order valence-corrected chi connectivity index (χ3v) is 13.9. The minimum absolute atomic E-state index is 0.189. The smallest absolute Gasteiger partial charge is 0.207 e. The SMILES string of the molecule is CC(C)C(O[Si](C(C)C)(C(C)C)C(C)C)[C@H]1O[C@@H]1S(=O)(=O)c1ccccc1. The van der Waals surface area contributed by atoms with Crippen molar-refractivity contribution in [1.82, 2.24) is 0 Å². The molecule has 0 bridgehead atoms. The lowest BCUT2D eigenvalue weighted by Gasteiger charge is -2.45. The van der Waals surface area contributed by atoms with Gasteiger partial charge in [0, 0.05) is 0 Å². The van der Waals surface area contributed by atoms with Crippen molar-refractivity contribution >= 4 is 18.2 Å². The fourth-order valence-corrected chi connectivity index (χ4v) is 11.8. The van der Waals surface area contributed by atoms with E-state index in [1.54, 1.807) is 24.3 Å². The van der Waals surface area contributed by atoms with E-state index in [-0.39, 0.29) is 12.0 Å². The molecule has 0 saturated carbocycles. The quantitative estimate of drug-likeness (QED) is 0.402. The maximum Gasteiger partial charge on any atom is 0.207 e. The van der Waals surface area contributed by atoms with E-state index in [0.717, 1.165) is 0 Å². The zero-order valence-corrected chi connectivity index (χ0v) is 19.8. The van der Waals surface area contributed by atoms with E-state index in [1.807, 2.05) is 6.07 Å². The van der Waals surface area contributed by atoms with E-state index < -0.39 is 29.7 Å². The summed E-state index contributed by atoms with van der Waals surface area (Å²) in [4.78, 5) is 0.320. The molecule has 4 nitrogen and oxygen atoms in total. The summed E-state index contributed by atoms with van der Waals surface area (Å²) < 4.78 is 38.5. The van der Waals surface area contributed by atoms with Gasteiger partial charge in [-0.3, -0.25) is 0 Å². The molecule has 0 amide bonds. The second kappa shape index (κ2) is 8.35. The van der Waals surface area contributed by atoms with Crippen molar-refractivity contribution in [3.05, 3.63) is 30.3 Å². The Kier molecular flexibility index (Phi) is 6.99. The molecule has 2 rings (SSSR count). The van der Waals surface area contributed by atoms with E-state index in [4.69, 9.17) is 9.16 Å². The number of sulfone groups is 1. The van der Waals surface area contributed by atoms with Gasteiger partial charge < -0.3 is 9.16 Å². The van der Waals surface area contributed by atoms with Gasteiger partial charge in [-0.2, -0.15) is 0 Å². The predicted molar refractivity (Wildman–Crippen MR) is 113 cm³/mol. The van der Waals surface area contributed by atoms with Crippen LogP contribution in [0.5, 0.6) is 0 Å². The molecule has 0 radical (unpaired) electrons. The van der Waals surface area contributed by atoms with Crippen LogP contribution in [-0.2, 0) is 19.0 Å². The average Bonchev–Trinajstić information content (AvgIpc) is 3.36. The van der Waals surface area contributed by atoms with E-state index >= 15 is 0 Å². The van der Waals surface area contributed by atoms with E-state index in [2.05, 4.69) is 55.4 Å². The predicted octanol–water partition coefficient (Wildman–Crippen LogP) is 5.40. The summed E-state index contributed by atoms with van der Waals surface area (Å²) in [6.07, 6.45) is -0.592. The number of rotatable bonds is 9. The molecule has 1 fully saturated rings. The second-order valence-corrected chi connectivity index (χ2v) is 16.4. The van der Waals surface area contributed by atoms with Crippen molar-refractivity contribution in [1.29, 1.82) is 0 Å². The third kappa shape index (κ3) is 4.34. The first kappa shape index (κ1) is 22.6. The van der Waals surface area contributed by atoms with Gasteiger partial charge in [-0.15, -0.1) is 0 Å². The molecule has 1 aliphatic heterocycles. The molecule has 0 aromatic heterocycles. The van der Waals surface area contributed by atoms with Crippen LogP contribution in [0.25, 0.3) is 0 Å². The summed E-state index contributed by atoms with van der Waals surface area (Å²) in [5.41, 5.74) is 0.538. The van der Waals surface area contributed by atoms with Crippen LogP contribution in [0.3, 0.4) is 0 Å². The fraction of sp³-hybridized carbons (Fsp3) is 0.714. The summed E-state index contributed by atoms with van der Waals surface area (Å²) in [5, 5.41) is 0. The minimum atomic E-state index is -3.50. The van der Waals surface area contributed by atoms with Crippen molar-refractivity contribution in [2.45, 2.75) is 94.6 Å². The van der Waals surface area contributed by atoms with Gasteiger partial charge in [0.25, 0.3) is 0 Å². The van der Waals surface area contributed by atoms with E-state index in [9.17, 15) is 8.42 Å². The maximum atomic E-state index is 12.9. The maximum absolute atomic E-state index is 12.9. The lowest BCUT2D eigenvalue weighted by molar-refractivity contribution is 0.0963. The van der Waals surface area contributed by atoms with Crippen LogP contribution in [0.4, 0.5) is 0 Å². The molecule has 1 aromatic carbocycles.